The minimum Gasteiger partial charge on any atom is -0.494 e. The maximum absolute atomic E-state index is 12.6. The minimum atomic E-state index is -0.457. The molecular formula is C21H32N2O3. The first-order valence-corrected chi connectivity index (χ1v) is 10.1. The average molecular weight is 360 g/mol. The van der Waals surface area contributed by atoms with Gasteiger partial charge in [-0.3, -0.25) is 4.79 Å². The molecule has 5 nitrogen and oxygen atoms in total. The van der Waals surface area contributed by atoms with Gasteiger partial charge in [-0.15, -0.1) is 0 Å². The number of amides is 1. The van der Waals surface area contributed by atoms with Crippen molar-refractivity contribution in [3.63, 3.8) is 0 Å². The molecule has 2 fully saturated rings. The van der Waals surface area contributed by atoms with Gasteiger partial charge in [-0.2, -0.15) is 0 Å². The summed E-state index contributed by atoms with van der Waals surface area (Å²) >= 11 is 0. The van der Waals surface area contributed by atoms with E-state index in [1.54, 1.807) is 12.1 Å². The Morgan fingerprint density at radius 2 is 2.15 bits per heavy atom. The van der Waals surface area contributed by atoms with Crippen LogP contribution in [-0.4, -0.2) is 42.9 Å². The van der Waals surface area contributed by atoms with Crippen LogP contribution in [-0.2, 0) is 0 Å². The van der Waals surface area contributed by atoms with E-state index in [1.165, 1.54) is 19.3 Å². The number of carbonyl (C=O) groups excluding carboxylic acids is 1. The quantitative estimate of drug-likeness (QED) is 0.624. The first-order valence-electron chi connectivity index (χ1n) is 10.1. The van der Waals surface area contributed by atoms with E-state index in [0.29, 0.717) is 12.2 Å². The Bertz CT molecular complexity index is 578. The van der Waals surface area contributed by atoms with Gasteiger partial charge in [-0.25, -0.2) is 0 Å². The third-order valence-corrected chi connectivity index (χ3v) is 5.78. The molecule has 1 atom stereocenters. The van der Waals surface area contributed by atoms with E-state index in [-0.39, 0.29) is 12.5 Å². The smallest absolute Gasteiger partial charge is 0.251 e. The van der Waals surface area contributed by atoms with Gasteiger partial charge in [0.2, 0.25) is 0 Å². The predicted molar refractivity (Wildman–Crippen MR) is 103 cm³/mol. The zero-order chi connectivity index (χ0) is 18.2. The van der Waals surface area contributed by atoms with E-state index in [1.807, 2.05) is 12.1 Å². The van der Waals surface area contributed by atoms with Crippen LogP contribution < -0.4 is 15.4 Å². The van der Waals surface area contributed by atoms with E-state index >= 15 is 0 Å². The van der Waals surface area contributed by atoms with Gasteiger partial charge in [0, 0.05) is 5.56 Å². The summed E-state index contributed by atoms with van der Waals surface area (Å²) < 4.78 is 5.85. The molecule has 0 radical (unpaired) electrons. The first kappa shape index (κ1) is 19.2. The molecule has 1 heterocycles. The molecule has 1 saturated heterocycles. The van der Waals surface area contributed by atoms with Gasteiger partial charge >= 0.3 is 0 Å². The standard InChI is InChI=1S/C21H32N2O3/c24-16-21(10-2-1-3-11-21)23-20(25)18-7-4-8-19(14-18)26-13-5-6-17-9-12-22-15-17/h4,7-8,14,17,22,24H,1-3,5-6,9-13,15-16H2,(H,23,25). The molecule has 2 aliphatic rings. The van der Waals surface area contributed by atoms with Crippen LogP contribution in [0.2, 0.25) is 0 Å². The van der Waals surface area contributed by atoms with E-state index in [2.05, 4.69) is 10.6 Å². The van der Waals surface area contributed by atoms with Crippen LogP contribution in [0.5, 0.6) is 5.75 Å². The highest BCUT2D eigenvalue weighted by Crippen LogP contribution is 2.28. The zero-order valence-corrected chi connectivity index (χ0v) is 15.6. The summed E-state index contributed by atoms with van der Waals surface area (Å²) in [5.74, 6) is 1.40. The van der Waals surface area contributed by atoms with Crippen LogP contribution in [0.25, 0.3) is 0 Å². The van der Waals surface area contributed by atoms with Crippen molar-refractivity contribution in [2.45, 2.75) is 56.9 Å². The lowest BCUT2D eigenvalue weighted by Gasteiger charge is -2.36. The molecule has 0 aromatic heterocycles. The van der Waals surface area contributed by atoms with Gasteiger partial charge in [0.05, 0.1) is 18.8 Å². The van der Waals surface area contributed by atoms with Gasteiger partial charge in [-0.05, 0) is 69.3 Å². The highest BCUT2D eigenvalue weighted by Gasteiger charge is 2.33. The van der Waals surface area contributed by atoms with Crippen molar-refractivity contribution in [1.82, 2.24) is 10.6 Å². The van der Waals surface area contributed by atoms with Crippen molar-refractivity contribution in [3.05, 3.63) is 29.8 Å². The number of carbonyl (C=O) groups is 1. The number of hydrogen-bond acceptors (Lipinski definition) is 4. The lowest BCUT2D eigenvalue weighted by atomic mass is 9.82. The fourth-order valence-electron chi connectivity index (χ4n) is 4.11. The summed E-state index contributed by atoms with van der Waals surface area (Å²) in [6.07, 6.45) is 8.48. The molecular weight excluding hydrogens is 328 g/mol. The molecule has 26 heavy (non-hydrogen) atoms. The second-order valence-corrected chi connectivity index (χ2v) is 7.83. The summed E-state index contributed by atoms with van der Waals surface area (Å²) in [6.45, 7) is 2.95. The van der Waals surface area contributed by atoms with Gasteiger partial charge in [0.25, 0.3) is 5.91 Å². The molecule has 5 heteroatoms. The van der Waals surface area contributed by atoms with Gasteiger partial charge in [0.1, 0.15) is 5.75 Å². The summed E-state index contributed by atoms with van der Waals surface area (Å²) in [6, 6.07) is 7.37. The highest BCUT2D eigenvalue weighted by atomic mass is 16.5. The van der Waals surface area contributed by atoms with E-state index < -0.39 is 5.54 Å². The number of rotatable bonds is 8. The Morgan fingerprint density at radius 1 is 1.31 bits per heavy atom. The SMILES string of the molecule is O=C(NC1(CO)CCCCC1)c1cccc(OCCCC2CCNC2)c1. The van der Waals surface area contributed by atoms with E-state index in [4.69, 9.17) is 4.74 Å². The number of benzene rings is 1. The maximum atomic E-state index is 12.6. The fraction of sp³-hybridized carbons (Fsp3) is 0.667. The lowest BCUT2D eigenvalue weighted by Crippen LogP contribution is -2.52. The summed E-state index contributed by atoms with van der Waals surface area (Å²) in [5.41, 5.74) is 0.141. The Balaban J connectivity index is 1.50. The Labute approximate surface area is 156 Å². The average Bonchev–Trinajstić information content (AvgIpc) is 3.20. The number of ether oxygens (including phenoxy) is 1. The number of aliphatic hydroxyl groups excluding tert-OH is 1. The van der Waals surface area contributed by atoms with Crippen molar-refractivity contribution < 1.29 is 14.6 Å². The normalized spacial score (nSPS) is 22.1. The van der Waals surface area contributed by atoms with E-state index in [9.17, 15) is 9.90 Å². The van der Waals surface area contributed by atoms with Gasteiger partial charge in [-0.1, -0.05) is 25.3 Å². The third kappa shape index (κ3) is 5.21. The molecule has 1 aliphatic carbocycles. The number of nitrogens with one attached hydrogen (secondary N) is 2. The first-order chi connectivity index (χ1) is 12.7. The van der Waals surface area contributed by atoms with Crippen LogP contribution >= 0.6 is 0 Å². The maximum Gasteiger partial charge on any atom is 0.251 e. The third-order valence-electron chi connectivity index (χ3n) is 5.78. The second-order valence-electron chi connectivity index (χ2n) is 7.83. The molecule has 144 valence electrons. The number of aliphatic hydroxyl groups is 1. The van der Waals surface area contributed by atoms with Gasteiger partial charge < -0.3 is 20.5 Å². The summed E-state index contributed by atoms with van der Waals surface area (Å²) in [7, 11) is 0. The van der Waals surface area contributed by atoms with Crippen molar-refractivity contribution in [1.29, 1.82) is 0 Å². The van der Waals surface area contributed by atoms with Crippen molar-refractivity contribution in [3.8, 4) is 5.75 Å². The van der Waals surface area contributed by atoms with Crippen molar-refractivity contribution >= 4 is 5.91 Å². The molecule has 3 rings (SSSR count). The summed E-state index contributed by atoms with van der Waals surface area (Å²) in [4.78, 5) is 12.6. The van der Waals surface area contributed by atoms with Gasteiger partial charge in [0.15, 0.2) is 0 Å². The number of hydrogen-bond donors (Lipinski definition) is 3. The van der Waals surface area contributed by atoms with Crippen molar-refractivity contribution in [2.24, 2.45) is 5.92 Å². The molecule has 1 saturated carbocycles. The van der Waals surface area contributed by atoms with E-state index in [0.717, 1.165) is 56.9 Å². The highest BCUT2D eigenvalue weighted by molar-refractivity contribution is 5.95. The molecule has 1 aliphatic heterocycles. The Hall–Kier alpha value is -1.59. The summed E-state index contributed by atoms with van der Waals surface area (Å²) in [5, 5.41) is 16.2. The molecule has 1 aromatic carbocycles. The molecule has 1 unspecified atom stereocenters. The fourth-order valence-corrected chi connectivity index (χ4v) is 4.11. The predicted octanol–water partition coefficient (Wildman–Crippen LogP) is 2.88. The molecule has 0 bridgehead atoms. The van der Waals surface area contributed by atoms with Crippen LogP contribution in [0.3, 0.4) is 0 Å². The van der Waals surface area contributed by atoms with Crippen LogP contribution in [0.15, 0.2) is 24.3 Å². The topological polar surface area (TPSA) is 70.6 Å². The molecule has 1 amide bonds. The minimum absolute atomic E-state index is 0.00492. The molecule has 0 spiro atoms. The Morgan fingerprint density at radius 3 is 2.88 bits per heavy atom. The zero-order valence-electron chi connectivity index (χ0n) is 15.6. The van der Waals surface area contributed by atoms with Crippen LogP contribution in [0, 0.1) is 5.92 Å². The van der Waals surface area contributed by atoms with Crippen molar-refractivity contribution in [2.75, 3.05) is 26.3 Å². The van der Waals surface area contributed by atoms with Crippen LogP contribution in [0.1, 0.15) is 61.7 Å². The second kappa shape index (κ2) is 9.38. The molecule has 1 aromatic rings. The largest absolute Gasteiger partial charge is 0.494 e. The molecule has 3 N–H and O–H groups in total. The monoisotopic (exact) mass is 360 g/mol. The Kier molecular flexibility index (Phi) is 6.92. The lowest BCUT2D eigenvalue weighted by molar-refractivity contribution is 0.0758. The van der Waals surface area contributed by atoms with Crippen LogP contribution in [0.4, 0.5) is 0 Å².